The maximum Gasteiger partial charge on any atom is 0.321 e. The van der Waals surface area contributed by atoms with Crippen LogP contribution in [0.3, 0.4) is 0 Å². The molecule has 0 aliphatic heterocycles. The number of nitrogens with zero attached hydrogens (tertiary/aromatic N) is 1. The standard InChI is InChI=1S/C22H35NO5Si/c1-22(2,3)29(7,8)28-20(13-14-21(24)23(4)26-6)15-16-27-17-18-9-11-19(25-5)12-10-18/h9-12,20H,15-17H2,1-8H3/t20-/m0/s1. The lowest BCUT2D eigenvalue weighted by molar-refractivity contribution is -0.161. The molecular weight excluding hydrogens is 386 g/mol. The van der Waals surface area contributed by atoms with Gasteiger partial charge in [0.1, 0.15) is 11.9 Å². The average molecular weight is 422 g/mol. The summed E-state index contributed by atoms with van der Waals surface area (Å²) >= 11 is 0. The van der Waals surface area contributed by atoms with E-state index in [-0.39, 0.29) is 11.1 Å². The first-order valence-electron chi connectivity index (χ1n) is 9.72. The second kappa shape index (κ2) is 11.4. The summed E-state index contributed by atoms with van der Waals surface area (Å²) in [6.07, 6.45) is 0.209. The van der Waals surface area contributed by atoms with Gasteiger partial charge in [0.25, 0.3) is 0 Å². The molecule has 0 aromatic heterocycles. The molecule has 1 atom stereocenters. The third kappa shape index (κ3) is 8.58. The van der Waals surface area contributed by atoms with Crippen LogP contribution in [0.25, 0.3) is 0 Å². The van der Waals surface area contributed by atoms with Gasteiger partial charge in [0.05, 0.1) is 27.4 Å². The Balaban J connectivity index is 2.72. The quantitative estimate of drug-likeness (QED) is 0.261. The highest BCUT2D eigenvalue weighted by atomic mass is 28.4. The lowest BCUT2D eigenvalue weighted by Gasteiger charge is -2.38. The summed E-state index contributed by atoms with van der Waals surface area (Å²) in [6, 6.07) is 7.76. The van der Waals surface area contributed by atoms with Gasteiger partial charge in [-0.15, -0.1) is 0 Å². The number of carbonyl (C=O) groups is 1. The Morgan fingerprint density at radius 1 is 1.17 bits per heavy atom. The minimum atomic E-state index is -2.04. The smallest absolute Gasteiger partial charge is 0.321 e. The molecular formula is C22H35NO5Si. The van der Waals surface area contributed by atoms with Gasteiger partial charge in [0.2, 0.25) is 0 Å². The number of ether oxygens (including phenoxy) is 2. The van der Waals surface area contributed by atoms with Crippen LogP contribution in [-0.2, 0) is 25.4 Å². The third-order valence-electron chi connectivity index (χ3n) is 5.10. The maximum absolute atomic E-state index is 11.9. The molecule has 0 heterocycles. The fourth-order valence-corrected chi connectivity index (χ4v) is 3.34. The summed E-state index contributed by atoms with van der Waals surface area (Å²) in [7, 11) is 2.56. The van der Waals surface area contributed by atoms with E-state index in [1.807, 2.05) is 24.3 Å². The highest BCUT2D eigenvalue weighted by molar-refractivity contribution is 6.74. The summed E-state index contributed by atoms with van der Waals surface area (Å²) in [5.41, 5.74) is 1.07. The molecule has 1 amide bonds. The lowest BCUT2D eigenvalue weighted by Crippen LogP contribution is -2.44. The van der Waals surface area contributed by atoms with Crippen molar-refractivity contribution in [3.8, 4) is 17.6 Å². The van der Waals surface area contributed by atoms with Crippen LogP contribution >= 0.6 is 0 Å². The summed E-state index contributed by atoms with van der Waals surface area (Å²) in [4.78, 5) is 16.8. The van der Waals surface area contributed by atoms with E-state index in [2.05, 4.69) is 45.7 Å². The highest BCUT2D eigenvalue weighted by Crippen LogP contribution is 2.37. The van der Waals surface area contributed by atoms with Gasteiger partial charge in [-0.05, 0) is 41.7 Å². The molecule has 0 radical (unpaired) electrons. The number of hydrogen-bond acceptors (Lipinski definition) is 5. The molecule has 0 aliphatic rings. The first kappa shape index (κ1) is 25.2. The zero-order valence-corrected chi connectivity index (χ0v) is 20.0. The molecule has 0 bridgehead atoms. The van der Waals surface area contributed by atoms with Gasteiger partial charge >= 0.3 is 5.91 Å². The zero-order valence-electron chi connectivity index (χ0n) is 19.0. The SMILES string of the molecule is COc1ccc(COCC[C@H](C#CC(=O)N(C)OC)O[Si](C)(C)C(C)(C)C)cc1. The third-order valence-corrected chi connectivity index (χ3v) is 9.58. The van der Waals surface area contributed by atoms with Crippen LogP contribution in [0, 0.1) is 11.8 Å². The summed E-state index contributed by atoms with van der Waals surface area (Å²) in [5.74, 6) is 6.00. The molecule has 1 aromatic carbocycles. The van der Waals surface area contributed by atoms with E-state index in [4.69, 9.17) is 18.7 Å². The van der Waals surface area contributed by atoms with E-state index in [9.17, 15) is 4.79 Å². The van der Waals surface area contributed by atoms with Crippen molar-refractivity contribution in [2.45, 2.75) is 58.0 Å². The Bertz CT molecular complexity index is 701. The average Bonchev–Trinajstić information content (AvgIpc) is 2.67. The molecule has 0 saturated heterocycles. The van der Waals surface area contributed by atoms with Crippen molar-refractivity contribution in [3.05, 3.63) is 29.8 Å². The Hall–Kier alpha value is -1.85. The van der Waals surface area contributed by atoms with Crippen molar-refractivity contribution < 1.29 is 23.5 Å². The van der Waals surface area contributed by atoms with Crippen molar-refractivity contribution in [1.82, 2.24) is 5.06 Å². The second-order valence-corrected chi connectivity index (χ2v) is 13.1. The largest absolute Gasteiger partial charge is 0.497 e. The number of carbonyl (C=O) groups excluding carboxylic acids is 1. The van der Waals surface area contributed by atoms with Crippen LogP contribution in [0.5, 0.6) is 5.75 Å². The van der Waals surface area contributed by atoms with E-state index < -0.39 is 14.2 Å². The first-order valence-corrected chi connectivity index (χ1v) is 12.6. The van der Waals surface area contributed by atoms with Crippen molar-refractivity contribution in [2.75, 3.05) is 27.9 Å². The number of benzene rings is 1. The summed E-state index contributed by atoms with van der Waals surface area (Å²) in [6.45, 7) is 11.8. The molecule has 1 rings (SSSR count). The van der Waals surface area contributed by atoms with E-state index in [0.29, 0.717) is 19.6 Å². The molecule has 0 N–H and O–H groups in total. The Morgan fingerprint density at radius 2 is 1.79 bits per heavy atom. The molecule has 0 unspecified atom stereocenters. The fraction of sp³-hybridized carbons (Fsp3) is 0.591. The molecule has 1 aromatic rings. The molecule has 6 nitrogen and oxygen atoms in total. The van der Waals surface area contributed by atoms with E-state index in [1.165, 1.54) is 14.2 Å². The van der Waals surface area contributed by atoms with Crippen molar-refractivity contribution >= 4 is 14.2 Å². The molecule has 0 aliphatic carbocycles. The van der Waals surface area contributed by atoms with Crippen LogP contribution in [0.1, 0.15) is 32.8 Å². The van der Waals surface area contributed by atoms with Crippen LogP contribution in [-0.4, -0.2) is 53.3 Å². The van der Waals surface area contributed by atoms with Gasteiger partial charge < -0.3 is 13.9 Å². The number of rotatable bonds is 9. The predicted octanol–water partition coefficient (Wildman–Crippen LogP) is 4.02. The van der Waals surface area contributed by atoms with Gasteiger partial charge in [0.15, 0.2) is 8.32 Å². The highest BCUT2D eigenvalue weighted by Gasteiger charge is 2.38. The van der Waals surface area contributed by atoms with Gasteiger partial charge in [-0.25, -0.2) is 5.06 Å². The number of hydrogen-bond donors (Lipinski definition) is 0. The normalized spacial score (nSPS) is 12.7. The Kier molecular flexibility index (Phi) is 9.87. The summed E-state index contributed by atoms with van der Waals surface area (Å²) in [5, 5.41) is 1.14. The monoisotopic (exact) mass is 421 g/mol. The molecule has 0 saturated carbocycles. The predicted molar refractivity (Wildman–Crippen MR) is 117 cm³/mol. The number of methoxy groups -OCH3 is 1. The molecule has 0 spiro atoms. The van der Waals surface area contributed by atoms with E-state index in [0.717, 1.165) is 16.4 Å². The van der Waals surface area contributed by atoms with Gasteiger partial charge in [-0.2, -0.15) is 0 Å². The molecule has 7 heteroatoms. The van der Waals surface area contributed by atoms with Crippen LogP contribution in [0.15, 0.2) is 24.3 Å². The zero-order chi connectivity index (χ0) is 22.1. The Morgan fingerprint density at radius 3 is 2.31 bits per heavy atom. The minimum absolute atomic E-state index is 0.0458. The summed E-state index contributed by atoms with van der Waals surface area (Å²) < 4.78 is 17.4. The fourth-order valence-electron chi connectivity index (χ4n) is 2.10. The van der Waals surface area contributed by atoms with Crippen LogP contribution in [0.4, 0.5) is 0 Å². The van der Waals surface area contributed by atoms with Gasteiger partial charge in [-0.3, -0.25) is 9.63 Å². The lowest BCUT2D eigenvalue weighted by atomic mass is 10.2. The van der Waals surface area contributed by atoms with E-state index >= 15 is 0 Å². The number of hydroxylamine groups is 2. The van der Waals surface area contributed by atoms with Gasteiger partial charge in [0, 0.05) is 13.5 Å². The first-order chi connectivity index (χ1) is 13.5. The topological polar surface area (TPSA) is 57.2 Å². The van der Waals surface area contributed by atoms with Crippen molar-refractivity contribution in [2.24, 2.45) is 0 Å². The van der Waals surface area contributed by atoms with Crippen LogP contribution in [0.2, 0.25) is 18.1 Å². The molecule has 29 heavy (non-hydrogen) atoms. The second-order valence-electron chi connectivity index (χ2n) is 8.31. The minimum Gasteiger partial charge on any atom is -0.497 e. The van der Waals surface area contributed by atoms with Crippen LogP contribution < -0.4 is 4.74 Å². The molecule has 162 valence electrons. The number of amides is 1. The van der Waals surface area contributed by atoms with Crippen molar-refractivity contribution in [1.29, 1.82) is 0 Å². The van der Waals surface area contributed by atoms with Gasteiger partial charge in [-0.1, -0.05) is 38.8 Å². The van der Waals surface area contributed by atoms with Crippen molar-refractivity contribution in [3.63, 3.8) is 0 Å². The maximum atomic E-state index is 11.9. The van der Waals surface area contributed by atoms with E-state index in [1.54, 1.807) is 7.11 Å². The Labute approximate surface area is 176 Å². The molecule has 0 fully saturated rings.